The summed E-state index contributed by atoms with van der Waals surface area (Å²) < 4.78 is 5.67. The Morgan fingerprint density at radius 1 is 1.22 bits per heavy atom. The molecule has 2 N–H and O–H groups in total. The van der Waals surface area contributed by atoms with E-state index in [4.69, 9.17) is 4.52 Å². The van der Waals surface area contributed by atoms with Gasteiger partial charge in [0.2, 0.25) is 11.8 Å². The van der Waals surface area contributed by atoms with Crippen molar-refractivity contribution < 1.29 is 14.1 Å². The number of likely N-dealkylation sites (N-methyl/N-ethyl adjacent to an activating group) is 1. The molecule has 1 aromatic heterocycles. The maximum Gasteiger partial charge on any atom is 0.239 e. The molecular weight excluding hydrogens is 364 g/mol. The summed E-state index contributed by atoms with van der Waals surface area (Å²) in [6.45, 7) is 1.89. The van der Waals surface area contributed by atoms with E-state index in [-0.39, 0.29) is 24.9 Å². The Bertz CT molecular complexity index is 702. The number of halogens is 1. The van der Waals surface area contributed by atoms with Crippen LogP contribution in [0.4, 0.5) is 11.5 Å². The van der Waals surface area contributed by atoms with Gasteiger partial charge in [-0.3, -0.25) is 14.5 Å². The number of nitrogens with one attached hydrogen (secondary N) is 2. The van der Waals surface area contributed by atoms with Crippen LogP contribution in [0.15, 0.2) is 39.3 Å². The van der Waals surface area contributed by atoms with Gasteiger partial charge in [-0.15, -0.1) is 0 Å². The SMILES string of the molecule is Cc1cc(NC(=O)CN(C)CC(=O)Nc2ccccc2Br)no1. The van der Waals surface area contributed by atoms with Crippen LogP contribution in [-0.2, 0) is 9.59 Å². The van der Waals surface area contributed by atoms with Crippen molar-refractivity contribution >= 4 is 39.2 Å². The van der Waals surface area contributed by atoms with Gasteiger partial charge in [-0.2, -0.15) is 0 Å². The molecule has 7 nitrogen and oxygen atoms in total. The topological polar surface area (TPSA) is 87.5 Å². The lowest BCUT2D eigenvalue weighted by molar-refractivity contribution is -0.119. The van der Waals surface area contributed by atoms with Gasteiger partial charge < -0.3 is 15.2 Å². The molecule has 23 heavy (non-hydrogen) atoms. The second-order valence-electron chi connectivity index (χ2n) is 5.07. The van der Waals surface area contributed by atoms with E-state index in [0.29, 0.717) is 17.3 Å². The summed E-state index contributed by atoms with van der Waals surface area (Å²) in [7, 11) is 1.69. The summed E-state index contributed by atoms with van der Waals surface area (Å²) in [5.74, 6) is 0.499. The van der Waals surface area contributed by atoms with Crippen LogP contribution in [0.25, 0.3) is 0 Å². The molecule has 2 amide bonds. The van der Waals surface area contributed by atoms with Gasteiger partial charge in [0.15, 0.2) is 5.82 Å². The van der Waals surface area contributed by atoms with Gasteiger partial charge in [-0.25, -0.2) is 0 Å². The summed E-state index contributed by atoms with van der Waals surface area (Å²) in [4.78, 5) is 25.4. The number of nitrogens with zero attached hydrogens (tertiary/aromatic N) is 2. The van der Waals surface area contributed by atoms with Crippen LogP contribution in [0.3, 0.4) is 0 Å². The van der Waals surface area contributed by atoms with Crippen LogP contribution in [-0.4, -0.2) is 42.0 Å². The minimum absolute atomic E-state index is 0.0648. The molecule has 0 atom stereocenters. The lowest BCUT2D eigenvalue weighted by Crippen LogP contribution is -2.36. The first-order valence-electron chi connectivity index (χ1n) is 6.90. The van der Waals surface area contributed by atoms with Crippen molar-refractivity contribution in [2.45, 2.75) is 6.92 Å². The first-order chi connectivity index (χ1) is 10.9. The molecule has 0 saturated heterocycles. The number of rotatable bonds is 6. The molecule has 0 aliphatic carbocycles. The number of aryl methyl sites for hydroxylation is 1. The zero-order valence-electron chi connectivity index (χ0n) is 12.8. The maximum atomic E-state index is 12.0. The zero-order chi connectivity index (χ0) is 16.8. The highest BCUT2D eigenvalue weighted by Gasteiger charge is 2.13. The number of amides is 2. The molecule has 2 rings (SSSR count). The van der Waals surface area contributed by atoms with Crippen molar-refractivity contribution in [1.29, 1.82) is 0 Å². The molecule has 0 spiro atoms. The Kier molecular flexibility index (Phi) is 5.89. The molecule has 1 aromatic carbocycles. The van der Waals surface area contributed by atoms with Crippen molar-refractivity contribution in [2.75, 3.05) is 30.8 Å². The summed E-state index contributed by atoms with van der Waals surface area (Å²) in [6, 6.07) is 8.95. The number of hydrogen-bond acceptors (Lipinski definition) is 5. The highest BCUT2D eigenvalue weighted by Crippen LogP contribution is 2.20. The minimum Gasteiger partial charge on any atom is -0.360 e. The summed E-state index contributed by atoms with van der Waals surface area (Å²) in [5, 5.41) is 9.06. The van der Waals surface area contributed by atoms with Crippen molar-refractivity contribution in [1.82, 2.24) is 10.1 Å². The number of hydrogen-bond donors (Lipinski definition) is 2. The number of aromatic nitrogens is 1. The van der Waals surface area contributed by atoms with Crippen LogP contribution in [0.1, 0.15) is 5.76 Å². The number of carbonyl (C=O) groups is 2. The number of carbonyl (C=O) groups excluding carboxylic acids is 2. The monoisotopic (exact) mass is 380 g/mol. The van der Waals surface area contributed by atoms with Gasteiger partial charge in [-0.05, 0) is 42.0 Å². The Hall–Kier alpha value is -2.19. The van der Waals surface area contributed by atoms with Crippen LogP contribution < -0.4 is 10.6 Å². The molecule has 1 heterocycles. The number of benzene rings is 1. The van der Waals surface area contributed by atoms with E-state index in [1.807, 2.05) is 18.2 Å². The van der Waals surface area contributed by atoms with Crippen molar-refractivity contribution in [3.63, 3.8) is 0 Å². The predicted octanol–water partition coefficient (Wildman–Crippen LogP) is 2.25. The fraction of sp³-hybridized carbons (Fsp3) is 0.267. The van der Waals surface area contributed by atoms with Gasteiger partial charge in [0.1, 0.15) is 5.76 Å². The van der Waals surface area contributed by atoms with E-state index in [0.717, 1.165) is 4.47 Å². The highest BCUT2D eigenvalue weighted by molar-refractivity contribution is 9.10. The molecule has 8 heteroatoms. The van der Waals surface area contributed by atoms with Gasteiger partial charge in [0.05, 0.1) is 18.8 Å². The third kappa shape index (κ3) is 5.50. The average Bonchev–Trinajstić information content (AvgIpc) is 2.86. The van der Waals surface area contributed by atoms with Crippen molar-refractivity contribution in [2.24, 2.45) is 0 Å². The Balaban J connectivity index is 1.79. The maximum absolute atomic E-state index is 12.0. The summed E-state index contributed by atoms with van der Waals surface area (Å²) in [5.41, 5.74) is 0.688. The van der Waals surface area contributed by atoms with Crippen molar-refractivity contribution in [3.8, 4) is 0 Å². The zero-order valence-corrected chi connectivity index (χ0v) is 14.4. The highest BCUT2D eigenvalue weighted by atomic mass is 79.9. The van der Waals surface area contributed by atoms with E-state index in [1.165, 1.54) is 0 Å². The second-order valence-corrected chi connectivity index (χ2v) is 5.93. The molecule has 0 fully saturated rings. The molecule has 0 aliphatic rings. The second kappa shape index (κ2) is 7.89. The molecular formula is C15H17BrN4O3. The summed E-state index contributed by atoms with van der Waals surface area (Å²) in [6.07, 6.45) is 0. The molecule has 0 bridgehead atoms. The van der Waals surface area contributed by atoms with Crippen LogP contribution in [0.2, 0.25) is 0 Å². The van der Waals surface area contributed by atoms with Gasteiger partial charge in [0.25, 0.3) is 0 Å². The van der Waals surface area contributed by atoms with Gasteiger partial charge >= 0.3 is 0 Å². The molecule has 122 valence electrons. The molecule has 0 radical (unpaired) electrons. The Morgan fingerprint density at radius 2 is 1.87 bits per heavy atom. The molecule has 0 aliphatic heterocycles. The van der Waals surface area contributed by atoms with Gasteiger partial charge in [0, 0.05) is 10.5 Å². The van der Waals surface area contributed by atoms with Crippen LogP contribution in [0, 0.1) is 6.92 Å². The van der Waals surface area contributed by atoms with E-state index in [9.17, 15) is 9.59 Å². The lowest BCUT2D eigenvalue weighted by atomic mass is 10.3. The summed E-state index contributed by atoms with van der Waals surface area (Å²) >= 11 is 3.36. The van der Waals surface area contributed by atoms with Crippen molar-refractivity contribution in [3.05, 3.63) is 40.6 Å². The normalized spacial score (nSPS) is 10.6. The molecule has 0 unspecified atom stereocenters. The molecule has 0 saturated carbocycles. The smallest absolute Gasteiger partial charge is 0.239 e. The largest absolute Gasteiger partial charge is 0.360 e. The number of anilines is 2. The molecule has 2 aromatic rings. The number of para-hydroxylation sites is 1. The average molecular weight is 381 g/mol. The standard InChI is InChI=1S/C15H17BrN4O3/c1-10-7-13(19-23-10)18-15(22)9-20(2)8-14(21)17-12-6-4-3-5-11(12)16/h3-7H,8-9H2,1-2H3,(H,17,21)(H,18,19,22). The fourth-order valence-electron chi connectivity index (χ4n) is 1.91. The lowest BCUT2D eigenvalue weighted by Gasteiger charge is -2.15. The van der Waals surface area contributed by atoms with Crippen LogP contribution in [0.5, 0.6) is 0 Å². The van der Waals surface area contributed by atoms with E-state index in [1.54, 1.807) is 31.0 Å². The Labute approximate surface area is 142 Å². The minimum atomic E-state index is -0.269. The van der Waals surface area contributed by atoms with E-state index >= 15 is 0 Å². The predicted molar refractivity (Wildman–Crippen MR) is 90.1 cm³/mol. The Morgan fingerprint density at radius 3 is 2.48 bits per heavy atom. The van der Waals surface area contributed by atoms with Crippen LogP contribution >= 0.6 is 15.9 Å². The van der Waals surface area contributed by atoms with Gasteiger partial charge in [-0.1, -0.05) is 17.3 Å². The third-order valence-electron chi connectivity index (χ3n) is 2.87. The first-order valence-corrected chi connectivity index (χ1v) is 7.69. The fourth-order valence-corrected chi connectivity index (χ4v) is 2.29. The first kappa shape index (κ1) is 17.2. The van der Waals surface area contributed by atoms with E-state index in [2.05, 4.69) is 31.7 Å². The quantitative estimate of drug-likeness (QED) is 0.802. The third-order valence-corrected chi connectivity index (χ3v) is 3.56. The van der Waals surface area contributed by atoms with E-state index < -0.39 is 0 Å².